The van der Waals surface area contributed by atoms with E-state index in [2.05, 4.69) is 35.9 Å². The molecular formula is C29H49N5O3. The van der Waals surface area contributed by atoms with Crippen molar-refractivity contribution in [1.29, 1.82) is 0 Å². The molecule has 208 valence electrons. The van der Waals surface area contributed by atoms with Crippen LogP contribution in [0.25, 0.3) is 0 Å². The standard InChI is InChI=1S/C29H49N5O3/c1-6-11-23-22(18(2)3)14-10-15-24(23)32-28(36)25-16-21(30)17-34(25)29(37)26(20-12-8-7-9-13-20)33-27(35)19(4)31-5/h6,11,18-21,24-26,31H,7-10,12-17,30H2,1-5H3,(H,32,36)(H,33,35)/b11-6-/t19-,21-,24+,25-,26-/m0/s1. The summed E-state index contributed by atoms with van der Waals surface area (Å²) >= 11 is 0. The van der Waals surface area contributed by atoms with Gasteiger partial charge in [-0.05, 0) is 76.8 Å². The Morgan fingerprint density at radius 2 is 1.76 bits per heavy atom. The number of nitrogens with zero attached hydrogens (tertiary/aromatic N) is 1. The highest BCUT2D eigenvalue weighted by molar-refractivity contribution is 5.94. The molecule has 37 heavy (non-hydrogen) atoms. The zero-order valence-electron chi connectivity index (χ0n) is 23.5. The van der Waals surface area contributed by atoms with Gasteiger partial charge in [0.05, 0.1) is 12.1 Å². The molecule has 1 heterocycles. The van der Waals surface area contributed by atoms with Crippen LogP contribution in [-0.2, 0) is 14.4 Å². The van der Waals surface area contributed by atoms with Gasteiger partial charge in [-0.2, -0.15) is 0 Å². The van der Waals surface area contributed by atoms with Gasteiger partial charge >= 0.3 is 0 Å². The molecule has 3 amide bonds. The van der Waals surface area contributed by atoms with Gasteiger partial charge in [-0.15, -0.1) is 0 Å². The Hall–Kier alpha value is -2.19. The summed E-state index contributed by atoms with van der Waals surface area (Å²) in [6.07, 6.45) is 12.6. The predicted octanol–water partition coefficient (Wildman–Crippen LogP) is 2.79. The molecule has 0 spiro atoms. The second kappa shape index (κ2) is 13.6. The molecule has 0 radical (unpaired) electrons. The van der Waals surface area contributed by atoms with E-state index in [1.165, 1.54) is 11.1 Å². The molecule has 2 aliphatic carbocycles. The van der Waals surface area contributed by atoms with Crippen molar-refractivity contribution < 1.29 is 14.4 Å². The van der Waals surface area contributed by atoms with E-state index in [4.69, 9.17) is 5.73 Å². The lowest BCUT2D eigenvalue weighted by molar-refractivity contribution is -0.143. The fourth-order valence-corrected chi connectivity index (χ4v) is 6.26. The Bertz CT molecular complexity index is 877. The Labute approximate surface area is 223 Å². The first-order chi connectivity index (χ1) is 17.7. The molecule has 0 aromatic rings. The van der Waals surface area contributed by atoms with Gasteiger partial charge < -0.3 is 26.6 Å². The number of likely N-dealkylation sites (N-methyl/N-ethyl adjacent to an activating group) is 1. The van der Waals surface area contributed by atoms with Gasteiger partial charge in [-0.3, -0.25) is 14.4 Å². The quantitative estimate of drug-likeness (QED) is 0.377. The van der Waals surface area contributed by atoms with Crippen LogP contribution in [0.15, 0.2) is 23.3 Å². The first-order valence-corrected chi connectivity index (χ1v) is 14.4. The summed E-state index contributed by atoms with van der Waals surface area (Å²) in [5.41, 5.74) is 8.91. The van der Waals surface area contributed by atoms with Crippen molar-refractivity contribution in [3.05, 3.63) is 23.3 Å². The number of carbonyl (C=O) groups excluding carboxylic acids is 3. The normalized spacial score (nSPS) is 27.0. The first-order valence-electron chi connectivity index (χ1n) is 14.4. The number of likely N-dealkylation sites (tertiary alicyclic amines) is 1. The van der Waals surface area contributed by atoms with Crippen molar-refractivity contribution in [3.8, 4) is 0 Å². The van der Waals surface area contributed by atoms with Crippen molar-refractivity contribution in [3.63, 3.8) is 0 Å². The molecule has 3 aliphatic rings. The van der Waals surface area contributed by atoms with Gasteiger partial charge in [-0.1, -0.05) is 50.8 Å². The van der Waals surface area contributed by atoms with Crippen LogP contribution in [0.4, 0.5) is 0 Å². The Morgan fingerprint density at radius 1 is 1.05 bits per heavy atom. The van der Waals surface area contributed by atoms with Gasteiger partial charge in [0.15, 0.2) is 0 Å². The smallest absolute Gasteiger partial charge is 0.246 e. The molecule has 0 bridgehead atoms. The number of nitrogens with one attached hydrogen (secondary N) is 3. The Kier molecular flexibility index (Phi) is 10.8. The number of nitrogens with two attached hydrogens (primary N) is 1. The zero-order valence-corrected chi connectivity index (χ0v) is 23.5. The monoisotopic (exact) mass is 515 g/mol. The maximum absolute atomic E-state index is 14.0. The Balaban J connectivity index is 1.81. The lowest BCUT2D eigenvalue weighted by Gasteiger charge is -2.36. The fraction of sp³-hybridized carbons (Fsp3) is 0.759. The third-order valence-corrected chi connectivity index (χ3v) is 8.48. The minimum atomic E-state index is -0.634. The zero-order chi connectivity index (χ0) is 27.1. The lowest BCUT2D eigenvalue weighted by atomic mass is 9.82. The maximum atomic E-state index is 14.0. The Morgan fingerprint density at radius 3 is 2.38 bits per heavy atom. The van der Waals surface area contributed by atoms with E-state index < -0.39 is 18.1 Å². The maximum Gasteiger partial charge on any atom is 0.246 e. The van der Waals surface area contributed by atoms with Crippen LogP contribution in [0.5, 0.6) is 0 Å². The third-order valence-electron chi connectivity index (χ3n) is 8.48. The van der Waals surface area contributed by atoms with Crippen LogP contribution >= 0.6 is 0 Å². The molecule has 1 saturated heterocycles. The summed E-state index contributed by atoms with van der Waals surface area (Å²) in [6.45, 7) is 8.52. The van der Waals surface area contributed by atoms with E-state index in [-0.39, 0.29) is 35.7 Å². The van der Waals surface area contributed by atoms with Crippen LogP contribution in [0.1, 0.15) is 85.5 Å². The van der Waals surface area contributed by atoms with Gasteiger partial charge in [0.2, 0.25) is 17.7 Å². The molecular weight excluding hydrogens is 466 g/mol. The predicted molar refractivity (Wildman–Crippen MR) is 148 cm³/mol. The fourth-order valence-electron chi connectivity index (χ4n) is 6.26. The molecule has 8 nitrogen and oxygen atoms in total. The number of hydrogen-bond acceptors (Lipinski definition) is 5. The van der Waals surface area contributed by atoms with Crippen molar-refractivity contribution in [2.45, 2.75) is 116 Å². The van der Waals surface area contributed by atoms with E-state index in [9.17, 15) is 14.4 Å². The van der Waals surface area contributed by atoms with E-state index in [1.54, 1.807) is 18.9 Å². The highest BCUT2D eigenvalue weighted by Crippen LogP contribution is 2.32. The van der Waals surface area contributed by atoms with Gasteiger partial charge in [0, 0.05) is 12.6 Å². The van der Waals surface area contributed by atoms with Crippen molar-refractivity contribution >= 4 is 17.7 Å². The van der Waals surface area contributed by atoms with Crippen molar-refractivity contribution in [2.24, 2.45) is 17.6 Å². The highest BCUT2D eigenvalue weighted by Gasteiger charge is 2.44. The average molecular weight is 516 g/mol. The van der Waals surface area contributed by atoms with Gasteiger partial charge in [0.1, 0.15) is 12.1 Å². The molecule has 5 N–H and O–H groups in total. The average Bonchev–Trinajstić information content (AvgIpc) is 3.29. The molecule has 0 unspecified atom stereocenters. The number of rotatable bonds is 9. The summed E-state index contributed by atoms with van der Waals surface area (Å²) in [6, 6.07) is -1.98. The third kappa shape index (κ3) is 7.23. The SMILES string of the molecule is C/C=C\C1=C(C(C)C)CCC[C@H]1NC(=O)[C@@H]1C[C@H](N)CN1C(=O)[C@@H](NC(=O)[C@H](C)NC)C1CCCCC1. The van der Waals surface area contributed by atoms with Crippen LogP contribution < -0.4 is 21.7 Å². The summed E-state index contributed by atoms with van der Waals surface area (Å²) in [5, 5.41) is 9.26. The molecule has 5 atom stereocenters. The number of amides is 3. The summed E-state index contributed by atoms with van der Waals surface area (Å²) in [5.74, 6) is -0.0156. The van der Waals surface area contributed by atoms with Crippen LogP contribution in [0, 0.1) is 11.8 Å². The summed E-state index contributed by atoms with van der Waals surface area (Å²) in [4.78, 5) is 42.1. The highest BCUT2D eigenvalue weighted by atomic mass is 16.2. The molecule has 1 saturated carbocycles. The van der Waals surface area contributed by atoms with E-state index in [0.29, 0.717) is 18.9 Å². The van der Waals surface area contributed by atoms with Crippen molar-refractivity contribution in [2.75, 3.05) is 13.6 Å². The molecule has 2 fully saturated rings. The molecule has 0 aromatic heterocycles. The van der Waals surface area contributed by atoms with Crippen molar-refractivity contribution in [1.82, 2.24) is 20.9 Å². The van der Waals surface area contributed by atoms with E-state index in [0.717, 1.165) is 51.4 Å². The molecule has 0 aromatic carbocycles. The van der Waals surface area contributed by atoms with Crippen LogP contribution in [0.2, 0.25) is 0 Å². The second-order valence-corrected chi connectivity index (χ2v) is 11.5. The largest absolute Gasteiger partial charge is 0.348 e. The molecule has 1 aliphatic heterocycles. The topological polar surface area (TPSA) is 117 Å². The van der Waals surface area contributed by atoms with Crippen LogP contribution in [0.3, 0.4) is 0 Å². The van der Waals surface area contributed by atoms with E-state index >= 15 is 0 Å². The summed E-state index contributed by atoms with van der Waals surface area (Å²) < 4.78 is 0. The second-order valence-electron chi connectivity index (χ2n) is 11.5. The lowest BCUT2D eigenvalue weighted by Crippen LogP contribution is -2.58. The molecule has 8 heteroatoms. The molecule has 3 rings (SSSR count). The summed E-state index contributed by atoms with van der Waals surface area (Å²) in [7, 11) is 1.73. The van der Waals surface area contributed by atoms with Crippen LogP contribution in [-0.4, -0.2) is 66.4 Å². The number of hydrogen-bond donors (Lipinski definition) is 4. The van der Waals surface area contributed by atoms with Gasteiger partial charge in [-0.25, -0.2) is 0 Å². The first kappa shape index (κ1) is 29.4. The minimum absolute atomic E-state index is 0.0612. The number of carbonyl (C=O) groups is 3. The van der Waals surface area contributed by atoms with Gasteiger partial charge in [0.25, 0.3) is 0 Å². The number of allylic oxidation sites excluding steroid dienone is 2. The minimum Gasteiger partial charge on any atom is -0.348 e. The van der Waals surface area contributed by atoms with E-state index in [1.807, 2.05) is 13.0 Å².